The molecule has 150 valence electrons. The van der Waals surface area contributed by atoms with E-state index in [0.717, 1.165) is 24.9 Å². The van der Waals surface area contributed by atoms with Gasteiger partial charge in [0.1, 0.15) is 0 Å². The average molecular weight is 378 g/mol. The number of amides is 1. The highest BCUT2D eigenvalue weighted by molar-refractivity contribution is 5.80. The van der Waals surface area contributed by atoms with Crippen molar-refractivity contribution >= 4 is 5.91 Å². The van der Waals surface area contributed by atoms with E-state index in [1.165, 1.54) is 16.7 Å². The molecular weight excluding hydrogens is 342 g/mol. The number of hydrogen-bond donors (Lipinski definition) is 0. The third kappa shape index (κ3) is 4.84. The maximum absolute atomic E-state index is 13.4. The van der Waals surface area contributed by atoms with Crippen LogP contribution in [0.4, 0.5) is 0 Å². The number of rotatable bonds is 3. The van der Waals surface area contributed by atoms with Crippen molar-refractivity contribution in [1.29, 1.82) is 0 Å². The lowest BCUT2D eigenvalue weighted by atomic mass is 9.77. The van der Waals surface area contributed by atoms with Crippen LogP contribution in [0.1, 0.15) is 69.8 Å². The normalized spacial score (nSPS) is 17.4. The first-order valence-electron chi connectivity index (χ1n) is 10.5. The largest absolute Gasteiger partial charge is 0.334 e. The van der Waals surface area contributed by atoms with Gasteiger partial charge in [0.15, 0.2) is 0 Å². The Balaban J connectivity index is 1.83. The molecule has 2 aromatic carbocycles. The second-order valence-corrected chi connectivity index (χ2v) is 10.5. The van der Waals surface area contributed by atoms with Gasteiger partial charge in [0.25, 0.3) is 0 Å². The van der Waals surface area contributed by atoms with Crippen molar-refractivity contribution in [2.24, 2.45) is 10.8 Å². The van der Waals surface area contributed by atoms with Crippen LogP contribution < -0.4 is 0 Å². The van der Waals surface area contributed by atoms with Crippen LogP contribution in [0.2, 0.25) is 0 Å². The topological polar surface area (TPSA) is 20.3 Å². The van der Waals surface area contributed by atoms with Crippen LogP contribution in [0, 0.1) is 10.8 Å². The summed E-state index contributed by atoms with van der Waals surface area (Å²) >= 11 is 0. The van der Waals surface area contributed by atoms with Gasteiger partial charge in [-0.2, -0.15) is 0 Å². The van der Waals surface area contributed by atoms with Gasteiger partial charge in [0.2, 0.25) is 5.91 Å². The maximum Gasteiger partial charge on any atom is 0.227 e. The molecule has 0 bridgehead atoms. The Morgan fingerprint density at radius 3 is 2.32 bits per heavy atom. The minimum atomic E-state index is 0.000264. The molecule has 0 fully saturated rings. The SMILES string of the molecule is CC(C)(C)Cc1cccc(CC(=O)N2CCc3ccccc3C2C(C)(C)C)c1. The Hall–Kier alpha value is -2.09. The summed E-state index contributed by atoms with van der Waals surface area (Å²) in [4.78, 5) is 15.5. The van der Waals surface area contributed by atoms with Gasteiger partial charge in [0.05, 0.1) is 12.5 Å². The summed E-state index contributed by atoms with van der Waals surface area (Å²) < 4.78 is 0. The van der Waals surface area contributed by atoms with E-state index in [0.29, 0.717) is 6.42 Å². The number of carbonyl (C=O) groups is 1. The smallest absolute Gasteiger partial charge is 0.227 e. The summed E-state index contributed by atoms with van der Waals surface area (Å²) in [6, 6.07) is 17.3. The zero-order chi connectivity index (χ0) is 20.5. The van der Waals surface area contributed by atoms with E-state index in [2.05, 4.69) is 95.0 Å². The molecule has 0 N–H and O–H groups in total. The van der Waals surface area contributed by atoms with Crippen LogP contribution in [0.25, 0.3) is 0 Å². The van der Waals surface area contributed by atoms with Crippen molar-refractivity contribution < 1.29 is 4.79 Å². The van der Waals surface area contributed by atoms with E-state index in [1.54, 1.807) is 0 Å². The fraction of sp³-hybridized carbons (Fsp3) is 0.500. The molecule has 1 aliphatic heterocycles. The van der Waals surface area contributed by atoms with E-state index >= 15 is 0 Å². The van der Waals surface area contributed by atoms with Gasteiger partial charge in [0, 0.05) is 6.54 Å². The van der Waals surface area contributed by atoms with Crippen molar-refractivity contribution in [2.45, 2.75) is 66.8 Å². The molecule has 1 amide bonds. The molecule has 1 aliphatic rings. The zero-order valence-electron chi connectivity index (χ0n) is 18.4. The monoisotopic (exact) mass is 377 g/mol. The summed E-state index contributed by atoms with van der Waals surface area (Å²) in [5.41, 5.74) is 5.39. The highest BCUT2D eigenvalue weighted by atomic mass is 16.2. The number of fused-ring (bicyclic) bond motifs is 1. The van der Waals surface area contributed by atoms with Crippen LogP contribution >= 0.6 is 0 Å². The number of carbonyl (C=O) groups excluding carboxylic acids is 1. The fourth-order valence-corrected chi connectivity index (χ4v) is 4.51. The fourth-order valence-electron chi connectivity index (χ4n) is 4.51. The highest BCUT2D eigenvalue weighted by Crippen LogP contribution is 2.42. The molecular formula is C26H35NO. The van der Waals surface area contributed by atoms with E-state index in [1.807, 2.05) is 0 Å². The zero-order valence-corrected chi connectivity index (χ0v) is 18.4. The average Bonchev–Trinajstić information content (AvgIpc) is 2.58. The van der Waals surface area contributed by atoms with Crippen molar-refractivity contribution in [1.82, 2.24) is 4.90 Å². The Morgan fingerprint density at radius 2 is 1.64 bits per heavy atom. The summed E-state index contributed by atoms with van der Waals surface area (Å²) in [6.07, 6.45) is 2.45. The first kappa shape index (κ1) is 20.6. The van der Waals surface area contributed by atoms with E-state index < -0.39 is 0 Å². The molecule has 28 heavy (non-hydrogen) atoms. The molecule has 1 unspecified atom stereocenters. The predicted octanol–water partition coefficient (Wildman–Crippen LogP) is 5.99. The molecule has 2 heteroatoms. The molecule has 2 nitrogen and oxygen atoms in total. The second-order valence-electron chi connectivity index (χ2n) is 10.5. The highest BCUT2D eigenvalue weighted by Gasteiger charge is 2.38. The summed E-state index contributed by atoms with van der Waals surface area (Å²) in [5, 5.41) is 0. The molecule has 0 aliphatic carbocycles. The number of benzene rings is 2. The Kier molecular flexibility index (Phi) is 5.70. The van der Waals surface area contributed by atoms with Crippen LogP contribution in [0.5, 0.6) is 0 Å². The van der Waals surface area contributed by atoms with Crippen molar-refractivity contribution in [3.63, 3.8) is 0 Å². The van der Waals surface area contributed by atoms with Gasteiger partial charge in [-0.25, -0.2) is 0 Å². The molecule has 1 atom stereocenters. The van der Waals surface area contributed by atoms with Crippen molar-refractivity contribution in [2.75, 3.05) is 6.54 Å². The quantitative estimate of drug-likeness (QED) is 0.643. The molecule has 0 radical (unpaired) electrons. The second kappa shape index (κ2) is 7.73. The third-order valence-electron chi connectivity index (χ3n) is 5.51. The van der Waals surface area contributed by atoms with Crippen LogP contribution in [-0.2, 0) is 24.1 Å². The van der Waals surface area contributed by atoms with E-state index in [9.17, 15) is 4.79 Å². The van der Waals surface area contributed by atoms with Gasteiger partial charge in [-0.05, 0) is 45.9 Å². The van der Waals surface area contributed by atoms with Crippen molar-refractivity contribution in [3.8, 4) is 0 Å². The lowest BCUT2D eigenvalue weighted by molar-refractivity contribution is -0.136. The number of nitrogens with zero attached hydrogens (tertiary/aromatic N) is 1. The molecule has 0 saturated carbocycles. The van der Waals surface area contributed by atoms with Crippen molar-refractivity contribution in [3.05, 3.63) is 70.8 Å². The third-order valence-corrected chi connectivity index (χ3v) is 5.51. The summed E-state index contributed by atoms with van der Waals surface area (Å²) in [7, 11) is 0. The van der Waals surface area contributed by atoms with Gasteiger partial charge >= 0.3 is 0 Å². The Labute approximate surface area is 171 Å². The Morgan fingerprint density at radius 1 is 0.964 bits per heavy atom. The van der Waals surface area contributed by atoms with Gasteiger partial charge in [-0.1, -0.05) is 90.1 Å². The Bertz CT molecular complexity index is 838. The van der Waals surface area contributed by atoms with E-state index in [-0.39, 0.29) is 22.8 Å². The summed E-state index contributed by atoms with van der Waals surface area (Å²) in [5.74, 6) is 0.238. The lowest BCUT2D eigenvalue weighted by Crippen LogP contribution is -2.45. The summed E-state index contributed by atoms with van der Waals surface area (Å²) in [6.45, 7) is 14.3. The molecule has 0 spiro atoms. The minimum Gasteiger partial charge on any atom is -0.334 e. The molecule has 3 rings (SSSR count). The lowest BCUT2D eigenvalue weighted by Gasteiger charge is -2.44. The first-order valence-corrected chi connectivity index (χ1v) is 10.5. The minimum absolute atomic E-state index is 0.000264. The molecule has 0 aromatic heterocycles. The molecule has 2 aromatic rings. The maximum atomic E-state index is 13.4. The first-order chi connectivity index (χ1) is 13.0. The van der Waals surface area contributed by atoms with Gasteiger partial charge in [-0.3, -0.25) is 4.79 Å². The number of hydrogen-bond acceptors (Lipinski definition) is 1. The molecule has 0 saturated heterocycles. The predicted molar refractivity (Wildman–Crippen MR) is 117 cm³/mol. The van der Waals surface area contributed by atoms with Crippen LogP contribution in [-0.4, -0.2) is 17.4 Å². The standard InChI is InChI=1S/C26H35NO/c1-25(2,3)18-20-11-9-10-19(16-20)17-23(28)27-15-14-21-12-7-8-13-22(21)24(27)26(4,5)6/h7-13,16,24H,14-15,17-18H2,1-6H3. The van der Waals surface area contributed by atoms with Crippen LogP contribution in [0.3, 0.4) is 0 Å². The van der Waals surface area contributed by atoms with Gasteiger partial charge < -0.3 is 4.90 Å². The van der Waals surface area contributed by atoms with Crippen LogP contribution in [0.15, 0.2) is 48.5 Å². The van der Waals surface area contributed by atoms with Gasteiger partial charge in [-0.15, -0.1) is 0 Å². The molecule has 1 heterocycles. The van der Waals surface area contributed by atoms with E-state index in [4.69, 9.17) is 0 Å².